The summed E-state index contributed by atoms with van der Waals surface area (Å²) in [6.45, 7) is 0.494. The van der Waals surface area contributed by atoms with E-state index in [0.717, 1.165) is 11.8 Å². The first-order chi connectivity index (χ1) is 14.7. The number of nitrogens with zero attached hydrogens (tertiary/aromatic N) is 6. The number of fused-ring (bicyclic) bond motifs is 10. The third-order valence-corrected chi connectivity index (χ3v) is 5.76. The van der Waals surface area contributed by atoms with Crippen LogP contribution in [-0.2, 0) is 6.54 Å². The van der Waals surface area contributed by atoms with E-state index >= 15 is 4.39 Å². The smallest absolute Gasteiger partial charge is 0.216 e. The number of allylic oxidation sites excluding steroid dienone is 2. The third kappa shape index (κ3) is 2.36. The van der Waals surface area contributed by atoms with Crippen LogP contribution in [0.4, 0.5) is 8.78 Å². The van der Waals surface area contributed by atoms with Crippen molar-refractivity contribution in [1.29, 1.82) is 0 Å². The van der Waals surface area contributed by atoms with E-state index in [-0.39, 0.29) is 12.1 Å². The minimum Gasteiger partial charge on any atom is -0.216 e. The van der Waals surface area contributed by atoms with Gasteiger partial charge in [-0.3, -0.25) is 0 Å². The molecular formula is C22H16F2N6+2. The summed E-state index contributed by atoms with van der Waals surface area (Å²) in [6.07, 6.45) is 7.89. The lowest BCUT2D eigenvalue weighted by molar-refractivity contribution is -0.795. The van der Waals surface area contributed by atoms with Gasteiger partial charge in [-0.15, -0.1) is 5.10 Å². The van der Waals surface area contributed by atoms with Crippen molar-refractivity contribution in [3.8, 4) is 22.8 Å². The van der Waals surface area contributed by atoms with Crippen LogP contribution >= 0.6 is 0 Å². The van der Waals surface area contributed by atoms with Crippen molar-refractivity contribution in [2.75, 3.05) is 0 Å². The molecule has 6 rings (SSSR count). The summed E-state index contributed by atoms with van der Waals surface area (Å²) in [7, 11) is 0. The normalized spacial score (nSPS) is 19.8. The number of pyridine rings is 2. The molecule has 3 aromatic heterocycles. The van der Waals surface area contributed by atoms with Crippen LogP contribution in [0.5, 0.6) is 0 Å². The van der Waals surface area contributed by atoms with Gasteiger partial charge in [0, 0.05) is 35.9 Å². The van der Waals surface area contributed by atoms with E-state index in [1.165, 1.54) is 6.07 Å². The van der Waals surface area contributed by atoms with E-state index in [1.54, 1.807) is 4.68 Å². The number of hydrogen-bond donors (Lipinski definition) is 0. The summed E-state index contributed by atoms with van der Waals surface area (Å²) in [6, 6.07) is 13.2. The molecule has 0 radical (unpaired) electrons. The predicted molar refractivity (Wildman–Crippen MR) is 102 cm³/mol. The number of hydrogen-bond acceptors (Lipinski definition) is 3. The van der Waals surface area contributed by atoms with E-state index in [9.17, 15) is 4.39 Å². The number of aromatic nitrogens is 6. The van der Waals surface area contributed by atoms with E-state index in [0.29, 0.717) is 29.2 Å². The molecule has 0 aliphatic carbocycles. The molecule has 5 heterocycles. The van der Waals surface area contributed by atoms with Crippen LogP contribution < -0.4 is 9.13 Å². The van der Waals surface area contributed by atoms with Gasteiger partial charge in [0.15, 0.2) is 12.4 Å². The first-order valence-electron chi connectivity index (χ1n) is 9.65. The van der Waals surface area contributed by atoms with Crippen LogP contribution in [0, 0.1) is 11.6 Å². The molecule has 2 aliphatic rings. The zero-order valence-corrected chi connectivity index (χ0v) is 15.7. The Morgan fingerprint density at radius 2 is 1.77 bits per heavy atom. The molecule has 0 fully saturated rings. The van der Waals surface area contributed by atoms with Crippen molar-refractivity contribution < 1.29 is 17.9 Å². The Kier molecular flexibility index (Phi) is 3.61. The number of benzene rings is 1. The summed E-state index contributed by atoms with van der Waals surface area (Å²) in [5, 5.41) is 12.1. The molecule has 2 atom stereocenters. The largest absolute Gasteiger partial charge is 0.252 e. The number of halogens is 2. The molecule has 0 bridgehead atoms. The van der Waals surface area contributed by atoms with Gasteiger partial charge in [0.05, 0.1) is 12.1 Å². The molecule has 2 unspecified atom stereocenters. The molecule has 0 spiro atoms. The monoisotopic (exact) mass is 402 g/mol. The second-order valence-electron chi connectivity index (χ2n) is 7.39. The van der Waals surface area contributed by atoms with Gasteiger partial charge in [0.2, 0.25) is 23.6 Å². The molecule has 4 aromatic rings. The maximum atomic E-state index is 15.1. The lowest BCUT2D eigenvalue weighted by atomic mass is 9.87. The maximum Gasteiger partial charge on any atom is 0.252 e. The van der Waals surface area contributed by atoms with Gasteiger partial charge in [-0.25, -0.2) is 13.5 Å². The second kappa shape index (κ2) is 6.35. The van der Waals surface area contributed by atoms with Gasteiger partial charge in [0.25, 0.3) is 5.69 Å². The molecule has 0 saturated carbocycles. The van der Waals surface area contributed by atoms with E-state index in [4.69, 9.17) is 0 Å². The SMILES string of the molecule is Fc1cc(F)c2c(c1)C1C(/C=C/Cn3nnnc3-c3cccc[n+]31)[n+]1ccccc1-2. The van der Waals surface area contributed by atoms with Crippen molar-refractivity contribution in [1.82, 2.24) is 20.2 Å². The minimum atomic E-state index is -0.596. The first kappa shape index (κ1) is 17.1. The Balaban J connectivity index is 1.73. The van der Waals surface area contributed by atoms with Crippen LogP contribution in [0.15, 0.2) is 73.1 Å². The molecule has 8 heteroatoms. The van der Waals surface area contributed by atoms with Crippen LogP contribution in [-0.4, -0.2) is 20.2 Å². The summed E-state index contributed by atoms with van der Waals surface area (Å²) >= 11 is 0. The van der Waals surface area contributed by atoms with Gasteiger partial charge in [-0.2, -0.15) is 9.13 Å². The lowest BCUT2D eigenvalue weighted by Gasteiger charge is -2.26. The standard InChI is InChI=1S/C22H16F2N6/c23-14-12-15-20(16(24)13-14)17-6-1-3-9-28(17)18-8-5-11-30-22(25-26-27-30)19-7-2-4-10-29(19)21(15)18/h1-10,12-13,18,21H,11H2/q+2/b8-5+. The van der Waals surface area contributed by atoms with Crippen molar-refractivity contribution >= 4 is 0 Å². The van der Waals surface area contributed by atoms with Crippen LogP contribution in [0.3, 0.4) is 0 Å². The number of tetrazole rings is 1. The average Bonchev–Trinajstić information content (AvgIpc) is 3.22. The minimum absolute atomic E-state index is 0.196. The van der Waals surface area contributed by atoms with Gasteiger partial charge >= 0.3 is 0 Å². The zero-order chi connectivity index (χ0) is 20.2. The molecular weight excluding hydrogens is 386 g/mol. The highest BCUT2D eigenvalue weighted by molar-refractivity contribution is 5.64. The summed E-state index contributed by atoms with van der Waals surface area (Å²) in [5.74, 6) is -0.570. The Labute approximate surface area is 170 Å². The van der Waals surface area contributed by atoms with E-state index in [1.807, 2.05) is 64.0 Å². The van der Waals surface area contributed by atoms with Crippen LogP contribution in [0.25, 0.3) is 22.8 Å². The summed E-state index contributed by atoms with van der Waals surface area (Å²) < 4.78 is 35.2. The quantitative estimate of drug-likeness (QED) is 0.336. The van der Waals surface area contributed by atoms with Crippen LogP contribution in [0.2, 0.25) is 0 Å². The van der Waals surface area contributed by atoms with Gasteiger partial charge < -0.3 is 0 Å². The topological polar surface area (TPSA) is 51.4 Å². The van der Waals surface area contributed by atoms with Crippen molar-refractivity contribution in [2.45, 2.75) is 18.6 Å². The third-order valence-electron chi connectivity index (χ3n) is 5.76. The fraction of sp³-hybridized carbons (Fsp3) is 0.136. The van der Waals surface area contributed by atoms with E-state index < -0.39 is 11.6 Å². The summed E-state index contributed by atoms with van der Waals surface area (Å²) in [5.41, 5.74) is 2.49. The molecule has 146 valence electrons. The second-order valence-corrected chi connectivity index (χ2v) is 7.39. The van der Waals surface area contributed by atoms with Gasteiger partial charge in [-0.05, 0) is 34.7 Å². The fourth-order valence-electron chi connectivity index (χ4n) is 4.57. The Morgan fingerprint density at radius 3 is 2.63 bits per heavy atom. The van der Waals surface area contributed by atoms with E-state index in [2.05, 4.69) is 21.6 Å². The molecule has 0 saturated heterocycles. The fourth-order valence-corrected chi connectivity index (χ4v) is 4.57. The highest BCUT2D eigenvalue weighted by Gasteiger charge is 2.47. The predicted octanol–water partition coefficient (Wildman–Crippen LogP) is 2.57. The molecule has 6 nitrogen and oxygen atoms in total. The Hall–Kier alpha value is -3.81. The maximum absolute atomic E-state index is 15.1. The average molecular weight is 402 g/mol. The van der Waals surface area contributed by atoms with Crippen molar-refractivity contribution in [3.63, 3.8) is 0 Å². The Bertz CT molecular complexity index is 1330. The molecule has 1 aromatic carbocycles. The number of rotatable bonds is 0. The van der Waals surface area contributed by atoms with Gasteiger partial charge in [-0.1, -0.05) is 6.08 Å². The first-order valence-corrected chi connectivity index (χ1v) is 9.65. The lowest BCUT2D eigenvalue weighted by Crippen LogP contribution is -2.56. The molecule has 0 amide bonds. The summed E-state index contributed by atoms with van der Waals surface area (Å²) in [4.78, 5) is 0. The zero-order valence-electron chi connectivity index (χ0n) is 15.7. The van der Waals surface area contributed by atoms with Gasteiger partial charge in [0.1, 0.15) is 11.6 Å². The molecule has 0 N–H and O–H groups in total. The van der Waals surface area contributed by atoms with Crippen LogP contribution in [0.1, 0.15) is 17.6 Å². The molecule has 2 aliphatic heterocycles. The highest BCUT2D eigenvalue weighted by Crippen LogP contribution is 2.39. The Morgan fingerprint density at radius 1 is 0.967 bits per heavy atom. The highest BCUT2D eigenvalue weighted by atomic mass is 19.1. The molecule has 30 heavy (non-hydrogen) atoms. The van der Waals surface area contributed by atoms with Crippen molar-refractivity contribution in [3.05, 3.63) is 90.3 Å². The van der Waals surface area contributed by atoms with Crippen molar-refractivity contribution in [2.24, 2.45) is 0 Å².